The predicted molar refractivity (Wildman–Crippen MR) is 82.3 cm³/mol. The van der Waals surface area contributed by atoms with Gasteiger partial charge in [0, 0.05) is 31.5 Å². The number of methoxy groups -OCH3 is 2. The highest BCUT2D eigenvalue weighted by Gasteiger charge is 2.33. The Kier molecular flexibility index (Phi) is 6.34. The van der Waals surface area contributed by atoms with Crippen molar-refractivity contribution >= 4 is 11.9 Å². The summed E-state index contributed by atoms with van der Waals surface area (Å²) in [7, 11) is 2.92. The Morgan fingerprint density at radius 3 is 2.87 bits per heavy atom. The highest BCUT2D eigenvalue weighted by atomic mass is 16.5. The van der Waals surface area contributed by atoms with Crippen LogP contribution >= 0.6 is 0 Å². The summed E-state index contributed by atoms with van der Waals surface area (Å²) in [6.45, 7) is 1.34. The van der Waals surface area contributed by atoms with E-state index in [9.17, 15) is 9.59 Å². The number of pyridine rings is 1. The van der Waals surface area contributed by atoms with E-state index in [0.29, 0.717) is 37.6 Å². The van der Waals surface area contributed by atoms with Crippen LogP contribution in [0.5, 0.6) is 5.88 Å². The van der Waals surface area contributed by atoms with Gasteiger partial charge in [-0.25, -0.2) is 9.78 Å². The van der Waals surface area contributed by atoms with Crippen LogP contribution in [0, 0.1) is 0 Å². The Bertz CT molecular complexity index is 549. The number of amides is 1. The van der Waals surface area contributed by atoms with Crippen molar-refractivity contribution in [1.29, 1.82) is 0 Å². The molecular formula is C16H22N2O5. The highest BCUT2D eigenvalue weighted by Crippen LogP contribution is 2.21. The first kappa shape index (κ1) is 17.2. The van der Waals surface area contributed by atoms with Crippen LogP contribution in [0.15, 0.2) is 18.3 Å². The number of aromatic nitrogens is 1. The molecule has 7 heteroatoms. The number of esters is 1. The van der Waals surface area contributed by atoms with Gasteiger partial charge in [0.05, 0.1) is 13.7 Å². The lowest BCUT2D eigenvalue weighted by molar-refractivity contribution is -0.147. The maximum Gasteiger partial charge on any atom is 0.328 e. The molecule has 1 atom stereocenters. The normalized spacial score (nSPS) is 17.7. The second-order valence-corrected chi connectivity index (χ2v) is 5.26. The van der Waals surface area contributed by atoms with Crippen molar-refractivity contribution in [2.45, 2.75) is 25.3 Å². The fourth-order valence-electron chi connectivity index (χ4n) is 2.57. The standard InChI is InChI=1S/C16H22N2O5/c1-21-9-10-23-14-11-12(6-7-17-14)15(19)18-8-4-3-5-13(18)16(20)22-2/h6-7,11,13H,3-5,8-10H2,1-2H3/t13-/m0/s1. The van der Waals surface area contributed by atoms with Crippen LogP contribution in [0.1, 0.15) is 29.6 Å². The second kappa shape index (κ2) is 8.47. The van der Waals surface area contributed by atoms with Crippen molar-refractivity contribution in [1.82, 2.24) is 9.88 Å². The lowest BCUT2D eigenvalue weighted by Gasteiger charge is -2.33. The second-order valence-electron chi connectivity index (χ2n) is 5.26. The molecule has 0 radical (unpaired) electrons. The van der Waals surface area contributed by atoms with E-state index in [0.717, 1.165) is 12.8 Å². The Morgan fingerprint density at radius 1 is 1.30 bits per heavy atom. The summed E-state index contributed by atoms with van der Waals surface area (Å²) in [4.78, 5) is 30.3. The van der Waals surface area contributed by atoms with Crippen molar-refractivity contribution < 1.29 is 23.8 Å². The van der Waals surface area contributed by atoms with Gasteiger partial charge < -0.3 is 19.1 Å². The van der Waals surface area contributed by atoms with Gasteiger partial charge in [0.1, 0.15) is 12.6 Å². The van der Waals surface area contributed by atoms with Crippen LogP contribution in [0.4, 0.5) is 0 Å². The average molecular weight is 322 g/mol. The van der Waals surface area contributed by atoms with Gasteiger partial charge >= 0.3 is 5.97 Å². The summed E-state index contributed by atoms with van der Waals surface area (Å²) in [6, 6.07) is 2.68. The average Bonchev–Trinajstić information content (AvgIpc) is 2.61. The molecule has 1 saturated heterocycles. The Labute approximate surface area is 135 Å². The summed E-state index contributed by atoms with van der Waals surface area (Å²) < 4.78 is 15.1. The fourth-order valence-corrected chi connectivity index (χ4v) is 2.57. The number of carbonyl (C=O) groups is 2. The van der Waals surface area contributed by atoms with Crippen molar-refractivity contribution in [3.63, 3.8) is 0 Å². The van der Waals surface area contributed by atoms with Crippen LogP contribution in [0.2, 0.25) is 0 Å². The van der Waals surface area contributed by atoms with E-state index in [-0.39, 0.29) is 11.9 Å². The van der Waals surface area contributed by atoms with Crippen molar-refractivity contribution in [2.24, 2.45) is 0 Å². The molecule has 0 aromatic carbocycles. The number of nitrogens with zero attached hydrogens (tertiary/aromatic N) is 2. The molecule has 23 heavy (non-hydrogen) atoms. The lowest BCUT2D eigenvalue weighted by Crippen LogP contribution is -2.48. The van der Waals surface area contributed by atoms with Gasteiger partial charge in [0.15, 0.2) is 0 Å². The first-order valence-electron chi connectivity index (χ1n) is 7.64. The van der Waals surface area contributed by atoms with Gasteiger partial charge in [-0.2, -0.15) is 0 Å². The monoisotopic (exact) mass is 322 g/mol. The molecule has 2 heterocycles. The highest BCUT2D eigenvalue weighted by molar-refractivity contribution is 5.97. The number of ether oxygens (including phenoxy) is 3. The van der Waals surface area contributed by atoms with Crippen molar-refractivity contribution in [3.8, 4) is 5.88 Å². The third kappa shape index (κ3) is 4.41. The fraction of sp³-hybridized carbons (Fsp3) is 0.562. The third-order valence-corrected chi connectivity index (χ3v) is 3.76. The minimum atomic E-state index is -0.521. The Balaban J connectivity index is 2.11. The van der Waals surface area contributed by atoms with E-state index in [4.69, 9.17) is 14.2 Å². The van der Waals surface area contributed by atoms with Crippen LogP contribution in [0.3, 0.4) is 0 Å². The number of carbonyl (C=O) groups excluding carboxylic acids is 2. The molecule has 1 amide bonds. The molecule has 1 aromatic rings. The molecular weight excluding hydrogens is 300 g/mol. The zero-order valence-corrected chi connectivity index (χ0v) is 13.5. The summed E-state index contributed by atoms with van der Waals surface area (Å²) in [5.41, 5.74) is 0.447. The lowest BCUT2D eigenvalue weighted by atomic mass is 10.0. The molecule has 1 aliphatic heterocycles. The largest absolute Gasteiger partial charge is 0.475 e. The third-order valence-electron chi connectivity index (χ3n) is 3.76. The van der Waals surface area contributed by atoms with Gasteiger partial charge in [-0.1, -0.05) is 0 Å². The molecule has 0 saturated carbocycles. The summed E-state index contributed by atoms with van der Waals surface area (Å²) >= 11 is 0. The first-order chi connectivity index (χ1) is 11.2. The predicted octanol–water partition coefficient (Wildman–Crippen LogP) is 1.27. The smallest absolute Gasteiger partial charge is 0.328 e. The Hall–Kier alpha value is -2.15. The topological polar surface area (TPSA) is 78.0 Å². The number of piperidine rings is 1. The van der Waals surface area contributed by atoms with Crippen LogP contribution in [-0.2, 0) is 14.3 Å². The summed E-state index contributed by atoms with van der Waals surface area (Å²) in [5.74, 6) is -0.220. The van der Waals surface area contributed by atoms with Gasteiger partial charge in [-0.15, -0.1) is 0 Å². The van der Waals surface area contributed by atoms with Gasteiger partial charge in [0.2, 0.25) is 5.88 Å². The SMILES string of the molecule is COCCOc1cc(C(=O)N2CCCC[C@H]2C(=O)OC)ccn1. The molecule has 2 rings (SSSR count). The van der Waals surface area contributed by atoms with E-state index in [1.807, 2.05) is 0 Å². The van der Waals surface area contributed by atoms with Crippen LogP contribution in [-0.4, -0.2) is 61.8 Å². The first-order valence-corrected chi connectivity index (χ1v) is 7.64. The van der Waals surface area contributed by atoms with Crippen molar-refractivity contribution in [3.05, 3.63) is 23.9 Å². The molecule has 126 valence electrons. The quantitative estimate of drug-likeness (QED) is 0.580. The van der Waals surface area contributed by atoms with Gasteiger partial charge in [-0.05, 0) is 25.3 Å². The minimum absolute atomic E-state index is 0.209. The number of hydrogen-bond acceptors (Lipinski definition) is 6. The maximum absolute atomic E-state index is 12.7. The number of likely N-dealkylation sites (tertiary alicyclic amines) is 1. The Morgan fingerprint density at radius 2 is 2.13 bits per heavy atom. The molecule has 0 spiro atoms. The molecule has 0 bridgehead atoms. The van der Waals surface area contributed by atoms with Gasteiger partial charge in [0.25, 0.3) is 5.91 Å². The molecule has 1 aromatic heterocycles. The molecule has 1 aliphatic rings. The van der Waals surface area contributed by atoms with Crippen LogP contribution < -0.4 is 4.74 Å². The zero-order chi connectivity index (χ0) is 16.7. The van der Waals surface area contributed by atoms with Crippen LogP contribution in [0.25, 0.3) is 0 Å². The minimum Gasteiger partial charge on any atom is -0.475 e. The molecule has 0 aliphatic carbocycles. The van der Waals surface area contributed by atoms with Crippen molar-refractivity contribution in [2.75, 3.05) is 34.0 Å². The van der Waals surface area contributed by atoms with E-state index >= 15 is 0 Å². The number of rotatable bonds is 6. The molecule has 0 unspecified atom stereocenters. The molecule has 1 fully saturated rings. The van der Waals surface area contributed by atoms with Gasteiger partial charge in [-0.3, -0.25) is 4.79 Å². The number of hydrogen-bond donors (Lipinski definition) is 0. The van der Waals surface area contributed by atoms with E-state index in [1.54, 1.807) is 24.1 Å². The van der Waals surface area contributed by atoms with E-state index in [1.165, 1.54) is 13.3 Å². The molecule has 0 N–H and O–H groups in total. The van der Waals surface area contributed by atoms with E-state index < -0.39 is 6.04 Å². The van der Waals surface area contributed by atoms with E-state index in [2.05, 4.69) is 4.98 Å². The summed E-state index contributed by atoms with van der Waals surface area (Å²) in [5, 5.41) is 0. The zero-order valence-electron chi connectivity index (χ0n) is 13.5. The maximum atomic E-state index is 12.7. The summed E-state index contributed by atoms with van der Waals surface area (Å²) in [6.07, 6.45) is 3.93. The molecule has 7 nitrogen and oxygen atoms in total.